The minimum atomic E-state index is 0.514. The first-order valence-electron chi connectivity index (χ1n) is 8.69. The van der Waals surface area contributed by atoms with E-state index in [2.05, 4.69) is 52.4 Å². The van der Waals surface area contributed by atoms with Crippen LogP contribution in [-0.2, 0) is 6.54 Å². The van der Waals surface area contributed by atoms with Crippen molar-refractivity contribution < 1.29 is 0 Å². The zero-order chi connectivity index (χ0) is 15.5. The molecule has 2 heterocycles. The van der Waals surface area contributed by atoms with Gasteiger partial charge in [0.15, 0.2) is 0 Å². The Hall–Kier alpha value is -1.93. The second kappa shape index (κ2) is 6.29. The Balaban J connectivity index is 1.41. The summed E-state index contributed by atoms with van der Waals surface area (Å²) in [6, 6.07) is 15.1. The fourth-order valence-corrected chi connectivity index (χ4v) is 4.13. The van der Waals surface area contributed by atoms with Gasteiger partial charge in [0, 0.05) is 25.5 Å². The van der Waals surface area contributed by atoms with E-state index >= 15 is 0 Å². The SMILES string of the molecule is C1=C(c2cccnc2)CC[C@@]2(C1)CCN(Cc1ccccc1)C2. The first-order valence-corrected chi connectivity index (χ1v) is 8.69. The largest absolute Gasteiger partial charge is 0.298 e. The number of likely N-dealkylation sites (tertiary alicyclic amines) is 1. The second-order valence-corrected chi connectivity index (χ2v) is 7.12. The fraction of sp³-hybridized carbons (Fsp3) is 0.381. The zero-order valence-electron chi connectivity index (χ0n) is 13.6. The highest BCUT2D eigenvalue weighted by Gasteiger charge is 2.38. The van der Waals surface area contributed by atoms with Gasteiger partial charge in [-0.3, -0.25) is 9.88 Å². The van der Waals surface area contributed by atoms with Crippen molar-refractivity contribution in [2.45, 2.75) is 32.2 Å². The van der Waals surface area contributed by atoms with Gasteiger partial charge in [-0.15, -0.1) is 0 Å². The minimum absolute atomic E-state index is 0.514. The van der Waals surface area contributed by atoms with Crippen LogP contribution in [0.3, 0.4) is 0 Å². The predicted molar refractivity (Wildman–Crippen MR) is 94.8 cm³/mol. The molecule has 0 radical (unpaired) electrons. The number of pyridine rings is 1. The summed E-state index contributed by atoms with van der Waals surface area (Å²) in [6.07, 6.45) is 11.4. The third-order valence-corrected chi connectivity index (χ3v) is 5.50. The maximum absolute atomic E-state index is 4.26. The summed E-state index contributed by atoms with van der Waals surface area (Å²) in [6.45, 7) is 3.59. The van der Waals surface area contributed by atoms with Gasteiger partial charge in [0.1, 0.15) is 0 Å². The third-order valence-electron chi connectivity index (χ3n) is 5.50. The molecule has 1 aromatic carbocycles. The molecule has 0 amide bonds. The van der Waals surface area contributed by atoms with Crippen LogP contribution in [0.1, 0.15) is 36.8 Å². The molecule has 1 spiro atoms. The Bertz CT molecular complexity index is 678. The Morgan fingerprint density at radius 1 is 1.04 bits per heavy atom. The average molecular weight is 304 g/mol. The van der Waals surface area contributed by atoms with E-state index in [0.29, 0.717) is 5.41 Å². The normalized spacial score (nSPS) is 24.8. The third kappa shape index (κ3) is 3.23. The van der Waals surface area contributed by atoms with Crippen molar-refractivity contribution in [2.75, 3.05) is 13.1 Å². The Morgan fingerprint density at radius 2 is 1.96 bits per heavy atom. The summed E-state index contributed by atoms with van der Waals surface area (Å²) in [7, 11) is 0. The van der Waals surface area contributed by atoms with Gasteiger partial charge in [-0.1, -0.05) is 42.5 Å². The maximum atomic E-state index is 4.26. The van der Waals surface area contributed by atoms with Gasteiger partial charge in [0.05, 0.1) is 0 Å². The monoisotopic (exact) mass is 304 g/mol. The van der Waals surface area contributed by atoms with Gasteiger partial charge in [-0.2, -0.15) is 0 Å². The van der Waals surface area contributed by atoms with Crippen LogP contribution in [0.2, 0.25) is 0 Å². The van der Waals surface area contributed by atoms with Crippen molar-refractivity contribution in [1.29, 1.82) is 0 Å². The molecule has 2 nitrogen and oxygen atoms in total. The highest BCUT2D eigenvalue weighted by molar-refractivity contribution is 5.65. The van der Waals surface area contributed by atoms with Crippen molar-refractivity contribution >= 4 is 5.57 Å². The van der Waals surface area contributed by atoms with Crippen LogP contribution in [0.5, 0.6) is 0 Å². The Labute approximate surface area is 138 Å². The molecule has 23 heavy (non-hydrogen) atoms. The Morgan fingerprint density at radius 3 is 2.70 bits per heavy atom. The first-order chi connectivity index (χ1) is 11.3. The average Bonchev–Trinajstić information content (AvgIpc) is 2.99. The van der Waals surface area contributed by atoms with Gasteiger partial charge in [0.2, 0.25) is 0 Å². The standard InChI is InChI=1S/C21H24N2/c1-2-5-18(6-3-1)16-23-14-12-21(17-23)10-8-19(9-11-21)20-7-4-13-22-15-20/h1-8,13,15H,9-12,14,16-17H2/t21-/m0/s1. The van der Waals surface area contributed by atoms with E-state index in [4.69, 9.17) is 0 Å². The zero-order valence-corrected chi connectivity index (χ0v) is 13.6. The maximum Gasteiger partial charge on any atom is 0.0342 e. The van der Waals surface area contributed by atoms with Crippen LogP contribution in [0, 0.1) is 5.41 Å². The molecule has 2 aliphatic rings. The number of aromatic nitrogens is 1. The molecule has 1 aliphatic heterocycles. The summed E-state index contributed by atoms with van der Waals surface area (Å²) >= 11 is 0. The summed E-state index contributed by atoms with van der Waals surface area (Å²) < 4.78 is 0. The number of hydrogen-bond acceptors (Lipinski definition) is 2. The van der Waals surface area contributed by atoms with Gasteiger partial charge < -0.3 is 0 Å². The second-order valence-electron chi connectivity index (χ2n) is 7.12. The molecule has 118 valence electrons. The number of hydrogen-bond donors (Lipinski definition) is 0. The molecule has 0 N–H and O–H groups in total. The lowest BCUT2D eigenvalue weighted by Gasteiger charge is -2.33. The lowest BCUT2D eigenvalue weighted by atomic mass is 9.73. The van der Waals surface area contributed by atoms with E-state index in [9.17, 15) is 0 Å². The first kappa shape index (κ1) is 14.6. The molecule has 1 aliphatic carbocycles. The van der Waals surface area contributed by atoms with Crippen LogP contribution < -0.4 is 0 Å². The highest BCUT2D eigenvalue weighted by Crippen LogP contribution is 2.45. The topological polar surface area (TPSA) is 16.1 Å². The lowest BCUT2D eigenvalue weighted by Crippen LogP contribution is -2.28. The molecule has 2 aromatic rings. The van der Waals surface area contributed by atoms with Crippen molar-refractivity contribution in [1.82, 2.24) is 9.88 Å². The van der Waals surface area contributed by atoms with Crippen molar-refractivity contribution in [3.05, 3.63) is 72.1 Å². The van der Waals surface area contributed by atoms with E-state index in [1.807, 2.05) is 18.5 Å². The van der Waals surface area contributed by atoms with E-state index in [0.717, 1.165) is 6.54 Å². The molecule has 4 rings (SSSR count). The molecule has 2 heteroatoms. The van der Waals surface area contributed by atoms with Crippen LogP contribution in [0.15, 0.2) is 60.9 Å². The number of rotatable bonds is 3. The van der Waals surface area contributed by atoms with E-state index < -0.39 is 0 Å². The van der Waals surface area contributed by atoms with Crippen LogP contribution >= 0.6 is 0 Å². The van der Waals surface area contributed by atoms with Crippen molar-refractivity contribution in [3.63, 3.8) is 0 Å². The summed E-state index contributed by atoms with van der Waals surface area (Å²) in [4.78, 5) is 6.90. The quantitative estimate of drug-likeness (QED) is 0.827. The van der Waals surface area contributed by atoms with Crippen molar-refractivity contribution in [2.24, 2.45) is 5.41 Å². The summed E-state index contributed by atoms with van der Waals surface area (Å²) in [5.74, 6) is 0. The smallest absolute Gasteiger partial charge is 0.0342 e. The van der Waals surface area contributed by atoms with Crippen LogP contribution in [0.4, 0.5) is 0 Å². The molecular formula is C21H24N2. The molecular weight excluding hydrogens is 280 g/mol. The fourth-order valence-electron chi connectivity index (χ4n) is 4.13. The van der Waals surface area contributed by atoms with Gasteiger partial charge in [0.25, 0.3) is 0 Å². The van der Waals surface area contributed by atoms with Gasteiger partial charge in [-0.05, 0) is 60.4 Å². The summed E-state index contributed by atoms with van der Waals surface area (Å²) in [5.41, 5.74) is 4.75. The van der Waals surface area contributed by atoms with Gasteiger partial charge >= 0.3 is 0 Å². The summed E-state index contributed by atoms with van der Waals surface area (Å²) in [5, 5.41) is 0. The number of allylic oxidation sites excluding steroid dienone is 2. The van der Waals surface area contributed by atoms with Crippen LogP contribution in [-0.4, -0.2) is 23.0 Å². The molecule has 0 unspecified atom stereocenters. The van der Waals surface area contributed by atoms with Crippen LogP contribution in [0.25, 0.3) is 5.57 Å². The molecule has 0 bridgehead atoms. The molecule has 1 fully saturated rings. The van der Waals surface area contributed by atoms with Crippen molar-refractivity contribution in [3.8, 4) is 0 Å². The number of benzene rings is 1. The number of nitrogens with zero attached hydrogens (tertiary/aromatic N) is 2. The van der Waals surface area contributed by atoms with E-state index in [1.54, 1.807) is 0 Å². The Kier molecular flexibility index (Phi) is 4.00. The molecule has 0 saturated carbocycles. The molecule has 1 atom stereocenters. The predicted octanol–water partition coefficient (Wildman–Crippen LogP) is 4.54. The van der Waals surface area contributed by atoms with Gasteiger partial charge in [-0.25, -0.2) is 0 Å². The molecule has 1 aromatic heterocycles. The molecule has 1 saturated heterocycles. The van der Waals surface area contributed by atoms with E-state index in [-0.39, 0.29) is 0 Å². The highest BCUT2D eigenvalue weighted by atomic mass is 15.2. The minimum Gasteiger partial charge on any atom is -0.298 e. The lowest BCUT2D eigenvalue weighted by molar-refractivity contribution is 0.235. The van der Waals surface area contributed by atoms with E-state index in [1.165, 1.54) is 55.5 Å².